The molecular weight excluding hydrogens is 283 g/mol. The number of aryl methyl sites for hydroxylation is 1. The fraction of sp³-hybridized carbons (Fsp3) is 0.250. The number of halogens is 1. The second-order valence-corrected chi connectivity index (χ2v) is 5.25. The van der Waals surface area contributed by atoms with Crippen molar-refractivity contribution in [3.8, 4) is 0 Å². The van der Waals surface area contributed by atoms with Gasteiger partial charge in [-0.05, 0) is 17.7 Å². The quantitative estimate of drug-likeness (QED) is 0.756. The van der Waals surface area contributed by atoms with Gasteiger partial charge in [0, 0.05) is 43.5 Å². The number of nitrogens with zero attached hydrogens (tertiary/aromatic N) is 3. The number of rotatable bonds is 5. The third kappa shape index (κ3) is 3.13. The summed E-state index contributed by atoms with van der Waals surface area (Å²) in [7, 11) is 1.81. The number of pyridine rings is 1. The van der Waals surface area contributed by atoms with Crippen molar-refractivity contribution in [3.05, 3.63) is 59.8 Å². The van der Waals surface area contributed by atoms with E-state index in [2.05, 4.69) is 15.4 Å². The van der Waals surface area contributed by atoms with E-state index >= 15 is 0 Å². The lowest BCUT2D eigenvalue weighted by Gasteiger charge is -2.10. The number of fused-ring (bicyclic) bond motifs is 1. The molecule has 0 aliphatic heterocycles. The zero-order valence-electron chi connectivity index (χ0n) is 12.2. The molecule has 5 nitrogen and oxygen atoms in total. The van der Waals surface area contributed by atoms with Crippen molar-refractivity contribution in [2.75, 3.05) is 6.54 Å². The molecule has 114 valence electrons. The topological polar surface area (TPSA) is 63.0 Å². The van der Waals surface area contributed by atoms with Gasteiger partial charge in [0.1, 0.15) is 11.3 Å². The zero-order valence-corrected chi connectivity index (χ0v) is 12.2. The molecule has 0 fully saturated rings. The maximum Gasteiger partial charge on any atom is 0.149 e. The predicted octanol–water partition coefficient (Wildman–Crippen LogP) is 1.93. The van der Waals surface area contributed by atoms with Gasteiger partial charge in [0.25, 0.3) is 0 Å². The van der Waals surface area contributed by atoms with Crippen LogP contribution in [0.2, 0.25) is 0 Å². The number of aliphatic hydroxyl groups excluding tert-OH is 1. The maximum absolute atomic E-state index is 13.5. The van der Waals surface area contributed by atoms with Crippen LogP contribution in [0.5, 0.6) is 0 Å². The van der Waals surface area contributed by atoms with E-state index in [1.165, 1.54) is 6.07 Å². The first-order valence-electron chi connectivity index (χ1n) is 7.04. The first-order valence-corrected chi connectivity index (χ1v) is 7.04. The van der Waals surface area contributed by atoms with E-state index in [1.807, 2.05) is 19.2 Å². The van der Waals surface area contributed by atoms with Crippen molar-refractivity contribution in [2.45, 2.75) is 12.6 Å². The molecule has 3 aromatic rings. The average molecular weight is 300 g/mol. The minimum absolute atomic E-state index is 0.316. The van der Waals surface area contributed by atoms with Gasteiger partial charge in [-0.15, -0.1) is 0 Å². The average Bonchev–Trinajstić information content (AvgIpc) is 2.94. The highest BCUT2D eigenvalue weighted by molar-refractivity contribution is 5.79. The zero-order chi connectivity index (χ0) is 15.5. The van der Waals surface area contributed by atoms with Gasteiger partial charge in [0.05, 0.1) is 12.3 Å². The van der Waals surface area contributed by atoms with E-state index in [9.17, 15) is 9.50 Å². The van der Waals surface area contributed by atoms with Gasteiger partial charge in [-0.3, -0.25) is 9.67 Å². The SMILES string of the molecule is Cn1cc(C(O)CNCc2cnc3c(F)cccc3c2)cn1. The third-order valence-electron chi connectivity index (χ3n) is 3.49. The van der Waals surface area contributed by atoms with Gasteiger partial charge in [-0.1, -0.05) is 12.1 Å². The van der Waals surface area contributed by atoms with Gasteiger partial charge in [0.2, 0.25) is 0 Å². The minimum Gasteiger partial charge on any atom is -0.387 e. The van der Waals surface area contributed by atoms with Gasteiger partial charge in [0.15, 0.2) is 0 Å². The number of nitrogens with one attached hydrogen (secondary N) is 1. The third-order valence-corrected chi connectivity index (χ3v) is 3.49. The summed E-state index contributed by atoms with van der Waals surface area (Å²) in [5, 5.41) is 18.0. The maximum atomic E-state index is 13.5. The van der Waals surface area contributed by atoms with E-state index in [-0.39, 0.29) is 5.82 Å². The Bertz CT molecular complexity index is 787. The Kier molecular flexibility index (Phi) is 4.13. The van der Waals surface area contributed by atoms with Gasteiger partial charge >= 0.3 is 0 Å². The summed E-state index contributed by atoms with van der Waals surface area (Å²) < 4.78 is 15.2. The smallest absolute Gasteiger partial charge is 0.149 e. The van der Waals surface area contributed by atoms with E-state index in [1.54, 1.807) is 29.3 Å². The van der Waals surface area contributed by atoms with Crippen molar-refractivity contribution in [3.63, 3.8) is 0 Å². The molecule has 6 heteroatoms. The lowest BCUT2D eigenvalue weighted by atomic mass is 10.1. The molecule has 2 heterocycles. The Labute approximate surface area is 127 Å². The minimum atomic E-state index is -0.612. The number of aliphatic hydroxyl groups is 1. The summed E-state index contributed by atoms with van der Waals surface area (Å²) in [6.07, 6.45) is 4.47. The first-order chi connectivity index (χ1) is 10.6. The molecule has 1 unspecified atom stereocenters. The van der Waals surface area contributed by atoms with Crippen molar-refractivity contribution < 1.29 is 9.50 Å². The van der Waals surface area contributed by atoms with Crippen molar-refractivity contribution in [2.24, 2.45) is 7.05 Å². The van der Waals surface area contributed by atoms with Crippen molar-refractivity contribution in [1.82, 2.24) is 20.1 Å². The summed E-state index contributed by atoms with van der Waals surface area (Å²) in [5.41, 5.74) is 2.09. The van der Waals surface area contributed by atoms with E-state index in [0.29, 0.717) is 18.6 Å². The Morgan fingerprint density at radius 1 is 1.36 bits per heavy atom. The Balaban J connectivity index is 1.62. The summed E-state index contributed by atoms with van der Waals surface area (Å²) in [5.74, 6) is -0.316. The lowest BCUT2D eigenvalue weighted by molar-refractivity contribution is 0.174. The predicted molar refractivity (Wildman–Crippen MR) is 81.6 cm³/mol. The Morgan fingerprint density at radius 3 is 3.00 bits per heavy atom. The van der Waals surface area contributed by atoms with Crippen LogP contribution < -0.4 is 5.32 Å². The van der Waals surface area contributed by atoms with E-state index in [0.717, 1.165) is 16.5 Å². The Morgan fingerprint density at radius 2 is 2.23 bits per heavy atom. The largest absolute Gasteiger partial charge is 0.387 e. The molecule has 0 spiro atoms. The van der Waals surface area contributed by atoms with Crippen LogP contribution in [-0.2, 0) is 13.6 Å². The fourth-order valence-corrected chi connectivity index (χ4v) is 2.35. The number of benzene rings is 1. The van der Waals surface area contributed by atoms with Crippen LogP contribution >= 0.6 is 0 Å². The van der Waals surface area contributed by atoms with Crippen LogP contribution in [0.1, 0.15) is 17.2 Å². The molecule has 0 saturated heterocycles. The fourth-order valence-electron chi connectivity index (χ4n) is 2.35. The second-order valence-electron chi connectivity index (χ2n) is 5.25. The standard InChI is InChI=1S/C16H17FN4O/c1-21-10-13(8-20-21)15(22)9-18-6-11-5-12-3-2-4-14(17)16(12)19-7-11/h2-5,7-8,10,15,18,22H,6,9H2,1H3. The highest BCUT2D eigenvalue weighted by atomic mass is 19.1. The van der Waals surface area contributed by atoms with Crippen LogP contribution in [0.3, 0.4) is 0 Å². The molecule has 0 radical (unpaired) electrons. The molecule has 3 rings (SSSR count). The molecular formula is C16H17FN4O. The van der Waals surface area contributed by atoms with E-state index < -0.39 is 6.10 Å². The molecule has 0 amide bonds. The molecule has 0 aliphatic rings. The molecule has 22 heavy (non-hydrogen) atoms. The summed E-state index contributed by atoms with van der Waals surface area (Å²) >= 11 is 0. The van der Waals surface area contributed by atoms with Gasteiger partial charge in [-0.2, -0.15) is 5.10 Å². The number of aromatic nitrogens is 3. The first kappa shape index (κ1) is 14.6. The van der Waals surface area contributed by atoms with Crippen molar-refractivity contribution >= 4 is 10.9 Å². The molecule has 1 aromatic carbocycles. The normalized spacial score (nSPS) is 12.7. The molecule has 2 aromatic heterocycles. The number of para-hydroxylation sites is 1. The van der Waals surface area contributed by atoms with E-state index in [4.69, 9.17) is 0 Å². The monoisotopic (exact) mass is 300 g/mol. The molecule has 1 atom stereocenters. The Hall–Kier alpha value is -2.31. The van der Waals surface area contributed by atoms with Crippen LogP contribution in [0.25, 0.3) is 10.9 Å². The molecule has 2 N–H and O–H groups in total. The molecule has 0 aliphatic carbocycles. The second kappa shape index (κ2) is 6.21. The van der Waals surface area contributed by atoms with Gasteiger partial charge in [-0.25, -0.2) is 4.39 Å². The number of hydrogen-bond acceptors (Lipinski definition) is 4. The van der Waals surface area contributed by atoms with Crippen LogP contribution in [0.15, 0.2) is 42.9 Å². The summed E-state index contributed by atoms with van der Waals surface area (Å²) in [4.78, 5) is 4.15. The van der Waals surface area contributed by atoms with Crippen molar-refractivity contribution in [1.29, 1.82) is 0 Å². The highest BCUT2D eigenvalue weighted by Crippen LogP contribution is 2.16. The van der Waals surface area contributed by atoms with Crippen LogP contribution in [0, 0.1) is 5.82 Å². The van der Waals surface area contributed by atoms with Gasteiger partial charge < -0.3 is 10.4 Å². The number of hydrogen-bond donors (Lipinski definition) is 2. The summed E-state index contributed by atoms with van der Waals surface area (Å²) in [6, 6.07) is 6.80. The van der Waals surface area contributed by atoms with Crippen LogP contribution in [0.4, 0.5) is 4.39 Å². The highest BCUT2D eigenvalue weighted by Gasteiger charge is 2.09. The lowest BCUT2D eigenvalue weighted by Crippen LogP contribution is -2.21. The summed E-state index contributed by atoms with van der Waals surface area (Å²) in [6.45, 7) is 0.962. The van der Waals surface area contributed by atoms with Crippen LogP contribution in [-0.4, -0.2) is 26.4 Å². The molecule has 0 saturated carbocycles. The molecule has 0 bridgehead atoms.